The molecule has 1 unspecified atom stereocenters. The third kappa shape index (κ3) is 4.28. The monoisotopic (exact) mass is 421 g/mol. The molecule has 2 aromatic heterocycles. The number of pyridine rings is 1. The molecule has 4 aromatic rings. The normalized spacial score (nSPS) is 12.0. The van der Waals surface area contributed by atoms with Crippen molar-refractivity contribution < 1.29 is 0 Å². The van der Waals surface area contributed by atoms with Gasteiger partial charge in [0.2, 0.25) is 0 Å². The second-order valence-electron chi connectivity index (χ2n) is 6.60. The molecule has 0 bridgehead atoms. The van der Waals surface area contributed by atoms with E-state index in [1.807, 2.05) is 42.7 Å². The largest absolute Gasteiger partial charge is 0.363 e. The minimum absolute atomic E-state index is 0.118. The highest BCUT2D eigenvalue weighted by Gasteiger charge is 2.11. The number of aromatic nitrogens is 3. The van der Waals surface area contributed by atoms with Crippen molar-refractivity contribution in [1.82, 2.24) is 15.0 Å². The zero-order valence-electron chi connectivity index (χ0n) is 16.1. The second-order valence-corrected chi connectivity index (χ2v) is 7.57. The Labute approximate surface area is 179 Å². The Morgan fingerprint density at radius 1 is 0.966 bits per heavy atom. The summed E-state index contributed by atoms with van der Waals surface area (Å²) in [4.78, 5) is 13.2. The summed E-state index contributed by atoms with van der Waals surface area (Å²) >= 11 is 7.66. The van der Waals surface area contributed by atoms with Crippen molar-refractivity contribution in [2.24, 2.45) is 0 Å². The Morgan fingerprint density at radius 3 is 2.59 bits per heavy atom. The Kier molecular flexibility index (Phi) is 5.83. The van der Waals surface area contributed by atoms with Crippen LogP contribution in [0.2, 0.25) is 5.15 Å². The summed E-state index contributed by atoms with van der Waals surface area (Å²) in [5.41, 5.74) is 4.87. The molecule has 0 aliphatic rings. The summed E-state index contributed by atoms with van der Waals surface area (Å²) in [7, 11) is 0. The van der Waals surface area contributed by atoms with Gasteiger partial charge >= 0.3 is 0 Å². The molecule has 2 aromatic carbocycles. The minimum atomic E-state index is 0.118. The Morgan fingerprint density at radius 2 is 1.79 bits per heavy atom. The number of rotatable bonds is 6. The first-order valence-corrected chi connectivity index (χ1v) is 10.8. The van der Waals surface area contributed by atoms with E-state index in [2.05, 4.69) is 50.1 Å². The van der Waals surface area contributed by atoms with E-state index in [9.17, 15) is 0 Å². The van der Waals surface area contributed by atoms with Crippen LogP contribution in [0.4, 0.5) is 11.5 Å². The molecule has 0 spiro atoms. The summed E-state index contributed by atoms with van der Waals surface area (Å²) in [6.07, 6.45) is 5.31. The lowest BCUT2D eigenvalue weighted by molar-refractivity contribution is 0.876. The van der Waals surface area contributed by atoms with Gasteiger partial charge in [-0.25, -0.2) is 15.0 Å². The lowest BCUT2D eigenvalue weighted by Crippen LogP contribution is -2.08. The lowest BCUT2D eigenvalue weighted by Gasteiger charge is -2.16. The Balaban J connectivity index is 1.72. The van der Waals surface area contributed by atoms with Gasteiger partial charge in [0.25, 0.3) is 0 Å². The molecular formula is C22H20ClN5S. The number of fused-ring (bicyclic) bond motifs is 1. The van der Waals surface area contributed by atoms with Gasteiger partial charge < -0.3 is 10.0 Å². The maximum absolute atomic E-state index is 6.18. The van der Waals surface area contributed by atoms with Crippen LogP contribution >= 0.6 is 23.5 Å². The molecule has 0 saturated carbocycles. The average Bonchev–Trinajstić information content (AvgIpc) is 2.76. The van der Waals surface area contributed by atoms with E-state index in [1.54, 1.807) is 12.5 Å². The van der Waals surface area contributed by atoms with Crippen molar-refractivity contribution in [2.45, 2.75) is 13.0 Å². The Hall–Kier alpha value is -2.83. The summed E-state index contributed by atoms with van der Waals surface area (Å²) in [5.74, 6) is 0.803. The van der Waals surface area contributed by atoms with Gasteiger partial charge in [-0.1, -0.05) is 59.9 Å². The molecule has 0 amide bonds. The highest BCUT2D eigenvalue weighted by Crippen LogP contribution is 2.31. The third-order valence-electron chi connectivity index (χ3n) is 4.67. The van der Waals surface area contributed by atoms with Gasteiger partial charge in [-0.3, -0.25) is 0 Å². The standard InChI is InChI=1S/C22H20ClN5S/c1-14(15-6-4-3-5-7-15)27-22-18-10-16(8-9-19(18)25-13-26-22)17-11-20(28-29-2)21(23)24-12-17/h3-14,28H,1-2H3,(H,25,26,27). The summed E-state index contributed by atoms with van der Waals surface area (Å²) < 4.78 is 3.16. The third-order valence-corrected chi connectivity index (χ3v) is 5.40. The molecule has 0 fully saturated rings. The highest BCUT2D eigenvalue weighted by atomic mass is 35.5. The number of nitrogens with zero attached hydrogens (tertiary/aromatic N) is 3. The van der Waals surface area contributed by atoms with Gasteiger partial charge in [-0.2, -0.15) is 0 Å². The average molecular weight is 422 g/mol. The first-order chi connectivity index (χ1) is 14.2. The molecule has 146 valence electrons. The maximum Gasteiger partial charge on any atom is 0.152 e. The summed E-state index contributed by atoms with van der Waals surface area (Å²) in [6.45, 7) is 2.12. The van der Waals surface area contributed by atoms with E-state index in [0.29, 0.717) is 5.15 Å². The van der Waals surface area contributed by atoms with Crippen molar-refractivity contribution in [3.8, 4) is 11.1 Å². The van der Waals surface area contributed by atoms with E-state index in [4.69, 9.17) is 11.6 Å². The lowest BCUT2D eigenvalue weighted by atomic mass is 10.0. The number of nitrogens with one attached hydrogen (secondary N) is 2. The van der Waals surface area contributed by atoms with Crippen molar-refractivity contribution in [3.05, 3.63) is 77.8 Å². The fraction of sp³-hybridized carbons (Fsp3) is 0.136. The predicted molar refractivity (Wildman–Crippen MR) is 123 cm³/mol. The van der Waals surface area contributed by atoms with Crippen molar-refractivity contribution in [3.63, 3.8) is 0 Å². The van der Waals surface area contributed by atoms with Crippen molar-refractivity contribution in [2.75, 3.05) is 16.3 Å². The fourth-order valence-corrected chi connectivity index (χ4v) is 3.75. The number of halogens is 1. The molecule has 2 heterocycles. The van der Waals surface area contributed by atoms with Crippen LogP contribution in [-0.2, 0) is 0 Å². The number of hydrogen-bond donors (Lipinski definition) is 2. The topological polar surface area (TPSA) is 62.7 Å². The second kappa shape index (κ2) is 8.68. The predicted octanol–water partition coefficient (Wildman–Crippen LogP) is 6.21. The van der Waals surface area contributed by atoms with Gasteiger partial charge in [-0.05, 0) is 36.2 Å². The van der Waals surface area contributed by atoms with E-state index >= 15 is 0 Å². The zero-order chi connectivity index (χ0) is 20.2. The molecule has 2 N–H and O–H groups in total. The number of hydrogen-bond acceptors (Lipinski definition) is 6. The molecule has 0 saturated heterocycles. The van der Waals surface area contributed by atoms with Gasteiger partial charge in [0.15, 0.2) is 5.15 Å². The first-order valence-electron chi connectivity index (χ1n) is 9.17. The van der Waals surface area contributed by atoms with Gasteiger partial charge in [0.1, 0.15) is 12.1 Å². The van der Waals surface area contributed by atoms with Crippen LogP contribution in [-0.4, -0.2) is 21.2 Å². The van der Waals surface area contributed by atoms with E-state index in [0.717, 1.165) is 33.5 Å². The maximum atomic E-state index is 6.18. The molecule has 0 aliphatic carbocycles. The van der Waals surface area contributed by atoms with Crippen LogP contribution < -0.4 is 10.0 Å². The van der Waals surface area contributed by atoms with Crippen LogP contribution in [0.25, 0.3) is 22.0 Å². The van der Waals surface area contributed by atoms with Crippen LogP contribution in [0.3, 0.4) is 0 Å². The highest BCUT2D eigenvalue weighted by molar-refractivity contribution is 7.99. The fourth-order valence-electron chi connectivity index (χ4n) is 3.17. The minimum Gasteiger partial charge on any atom is -0.363 e. The SMILES string of the molecule is CSNc1cc(-c2ccc3ncnc(NC(C)c4ccccc4)c3c2)cnc1Cl. The number of anilines is 2. The van der Waals surface area contributed by atoms with Crippen LogP contribution in [0.15, 0.2) is 67.1 Å². The molecular weight excluding hydrogens is 402 g/mol. The van der Waals surface area contributed by atoms with Crippen molar-refractivity contribution in [1.29, 1.82) is 0 Å². The van der Waals surface area contributed by atoms with Gasteiger partial charge in [0.05, 0.1) is 11.2 Å². The van der Waals surface area contributed by atoms with Gasteiger partial charge in [0, 0.05) is 29.4 Å². The van der Waals surface area contributed by atoms with Crippen LogP contribution in [0, 0.1) is 0 Å². The molecule has 5 nitrogen and oxygen atoms in total. The zero-order valence-corrected chi connectivity index (χ0v) is 17.6. The molecule has 1 atom stereocenters. The quantitative estimate of drug-likeness (QED) is 0.285. The van der Waals surface area contributed by atoms with E-state index in [1.165, 1.54) is 17.5 Å². The van der Waals surface area contributed by atoms with Crippen LogP contribution in [0.1, 0.15) is 18.5 Å². The smallest absolute Gasteiger partial charge is 0.152 e. The van der Waals surface area contributed by atoms with Crippen LogP contribution in [0.5, 0.6) is 0 Å². The first kappa shape index (κ1) is 19.5. The van der Waals surface area contributed by atoms with Crippen molar-refractivity contribution >= 4 is 46.0 Å². The number of benzene rings is 2. The summed E-state index contributed by atoms with van der Waals surface area (Å²) in [6, 6.07) is 18.5. The molecule has 29 heavy (non-hydrogen) atoms. The molecule has 0 radical (unpaired) electrons. The van der Waals surface area contributed by atoms with Gasteiger partial charge in [-0.15, -0.1) is 0 Å². The Bertz CT molecular complexity index is 1140. The molecule has 7 heteroatoms. The molecule has 4 rings (SSSR count). The summed E-state index contributed by atoms with van der Waals surface area (Å²) in [5, 5.41) is 4.93. The van der Waals surface area contributed by atoms with E-state index in [-0.39, 0.29) is 6.04 Å². The molecule has 0 aliphatic heterocycles. The van der Waals surface area contributed by atoms with E-state index < -0.39 is 0 Å².